The zero-order valence-corrected chi connectivity index (χ0v) is 13.2. The number of nitrogens with two attached hydrogens (primary N) is 1. The van der Waals surface area contributed by atoms with Crippen LogP contribution < -0.4 is 11.1 Å². The van der Waals surface area contributed by atoms with Crippen LogP contribution in [0.2, 0.25) is 0 Å². The van der Waals surface area contributed by atoms with Crippen molar-refractivity contribution in [3.63, 3.8) is 0 Å². The summed E-state index contributed by atoms with van der Waals surface area (Å²) in [5, 5.41) is 12.2. The summed E-state index contributed by atoms with van der Waals surface area (Å²) in [5.74, 6) is -1.59. The molecule has 0 saturated heterocycles. The van der Waals surface area contributed by atoms with Crippen molar-refractivity contribution in [2.45, 2.75) is 38.1 Å². The van der Waals surface area contributed by atoms with E-state index < -0.39 is 11.9 Å². The molecule has 1 saturated carbocycles. The molecular formula is C15H19BrN2O3. The largest absolute Gasteiger partial charge is 0.481 e. The number of benzene rings is 1. The Hall–Kier alpha value is -1.56. The summed E-state index contributed by atoms with van der Waals surface area (Å²) >= 11 is 3.29. The van der Waals surface area contributed by atoms with Gasteiger partial charge in [0.2, 0.25) is 0 Å². The second-order valence-corrected chi connectivity index (χ2v) is 6.25. The molecule has 1 aliphatic carbocycles. The average Bonchev–Trinajstić information content (AvgIpc) is 2.67. The van der Waals surface area contributed by atoms with Crippen LogP contribution in [0.4, 0.5) is 5.69 Å². The second-order valence-electron chi connectivity index (χ2n) is 5.40. The number of carbonyl (C=O) groups is 2. The molecule has 0 aromatic heterocycles. The van der Waals surface area contributed by atoms with E-state index in [1.807, 2.05) is 0 Å². The Morgan fingerprint density at radius 3 is 2.62 bits per heavy atom. The van der Waals surface area contributed by atoms with Gasteiger partial charge < -0.3 is 16.2 Å². The van der Waals surface area contributed by atoms with Gasteiger partial charge in [-0.25, -0.2) is 0 Å². The number of hydrogen-bond acceptors (Lipinski definition) is 3. The van der Waals surface area contributed by atoms with Crippen molar-refractivity contribution in [2.75, 3.05) is 5.73 Å². The van der Waals surface area contributed by atoms with Gasteiger partial charge >= 0.3 is 5.97 Å². The summed E-state index contributed by atoms with van der Waals surface area (Å²) in [6.07, 6.45) is 4.19. The molecular weight excluding hydrogens is 336 g/mol. The number of nitrogens with one attached hydrogen (secondary N) is 1. The van der Waals surface area contributed by atoms with Crippen LogP contribution in [0.1, 0.15) is 42.5 Å². The van der Waals surface area contributed by atoms with Gasteiger partial charge in [-0.05, 0) is 47.0 Å². The fourth-order valence-electron chi connectivity index (χ4n) is 2.70. The Labute approximate surface area is 132 Å². The second kappa shape index (κ2) is 6.93. The number of carboxylic acids is 1. The molecule has 1 aromatic rings. The van der Waals surface area contributed by atoms with Crippen molar-refractivity contribution in [3.05, 3.63) is 28.2 Å². The average molecular weight is 355 g/mol. The molecule has 2 rings (SSSR count). The topological polar surface area (TPSA) is 92.4 Å². The van der Waals surface area contributed by atoms with Crippen molar-refractivity contribution in [1.82, 2.24) is 5.32 Å². The van der Waals surface area contributed by atoms with E-state index in [2.05, 4.69) is 21.2 Å². The normalized spacial score (nSPS) is 22.3. The van der Waals surface area contributed by atoms with Crippen molar-refractivity contribution in [3.8, 4) is 0 Å². The van der Waals surface area contributed by atoms with Crippen LogP contribution in [0.3, 0.4) is 0 Å². The van der Waals surface area contributed by atoms with E-state index in [0.29, 0.717) is 28.6 Å². The monoisotopic (exact) mass is 354 g/mol. The van der Waals surface area contributed by atoms with Gasteiger partial charge in [-0.1, -0.05) is 19.3 Å². The first-order valence-electron chi connectivity index (χ1n) is 7.07. The molecule has 1 fully saturated rings. The number of nitrogen functional groups attached to an aromatic ring is 1. The summed E-state index contributed by atoms with van der Waals surface area (Å²) < 4.78 is 0.658. The number of halogens is 1. The van der Waals surface area contributed by atoms with Crippen LogP contribution in [0.15, 0.2) is 22.7 Å². The molecule has 1 aliphatic rings. The summed E-state index contributed by atoms with van der Waals surface area (Å²) in [7, 11) is 0. The number of carbonyl (C=O) groups excluding carboxylic acids is 1. The fourth-order valence-corrected chi connectivity index (χ4v) is 3.07. The highest BCUT2D eigenvalue weighted by Crippen LogP contribution is 2.25. The summed E-state index contributed by atoms with van der Waals surface area (Å²) in [6, 6.07) is 4.63. The van der Waals surface area contributed by atoms with E-state index in [1.165, 1.54) is 0 Å². The van der Waals surface area contributed by atoms with Crippen molar-refractivity contribution in [2.24, 2.45) is 5.92 Å². The third-order valence-electron chi connectivity index (χ3n) is 3.91. The molecule has 0 bridgehead atoms. The Morgan fingerprint density at radius 2 is 1.95 bits per heavy atom. The first-order chi connectivity index (χ1) is 9.99. The molecule has 21 heavy (non-hydrogen) atoms. The van der Waals surface area contributed by atoms with Gasteiger partial charge in [0, 0.05) is 21.8 Å². The number of carboxylic acid groups (broad SMARTS) is 1. The Kier molecular flexibility index (Phi) is 5.22. The van der Waals surface area contributed by atoms with Gasteiger partial charge in [-0.15, -0.1) is 0 Å². The van der Waals surface area contributed by atoms with Gasteiger partial charge in [-0.3, -0.25) is 9.59 Å². The molecule has 4 N–H and O–H groups in total. The van der Waals surface area contributed by atoms with Gasteiger partial charge in [0.15, 0.2) is 0 Å². The zero-order chi connectivity index (χ0) is 15.4. The van der Waals surface area contributed by atoms with E-state index in [1.54, 1.807) is 18.2 Å². The van der Waals surface area contributed by atoms with Gasteiger partial charge in [0.25, 0.3) is 5.91 Å². The maximum atomic E-state index is 12.3. The van der Waals surface area contributed by atoms with Gasteiger partial charge in [-0.2, -0.15) is 0 Å². The van der Waals surface area contributed by atoms with Gasteiger partial charge in [0.05, 0.1) is 5.92 Å². The van der Waals surface area contributed by atoms with Crippen LogP contribution in [0, 0.1) is 5.92 Å². The van der Waals surface area contributed by atoms with Crippen LogP contribution in [-0.4, -0.2) is 23.0 Å². The molecule has 1 amide bonds. The standard InChI is InChI=1S/C15H19BrN2O3/c16-11-8-9(6-7-12(11)17)14(19)18-13-5-3-1-2-4-10(13)15(20)21/h6-8,10,13H,1-5,17H2,(H,18,19)(H,20,21). The lowest BCUT2D eigenvalue weighted by Crippen LogP contribution is -2.42. The molecule has 0 spiro atoms. The van der Waals surface area contributed by atoms with Crippen LogP contribution >= 0.6 is 15.9 Å². The van der Waals surface area contributed by atoms with Gasteiger partial charge in [0.1, 0.15) is 0 Å². The zero-order valence-electron chi connectivity index (χ0n) is 11.6. The quantitative estimate of drug-likeness (QED) is 0.574. The molecule has 1 aromatic carbocycles. The Balaban J connectivity index is 2.12. The maximum absolute atomic E-state index is 12.3. The van der Waals surface area contributed by atoms with E-state index in [0.717, 1.165) is 19.3 Å². The molecule has 114 valence electrons. The first-order valence-corrected chi connectivity index (χ1v) is 7.87. The number of hydrogen-bond donors (Lipinski definition) is 3. The summed E-state index contributed by atoms with van der Waals surface area (Å²) in [4.78, 5) is 23.7. The van der Waals surface area contributed by atoms with Crippen LogP contribution in [0.25, 0.3) is 0 Å². The van der Waals surface area contributed by atoms with E-state index >= 15 is 0 Å². The predicted molar refractivity (Wildman–Crippen MR) is 84.0 cm³/mol. The minimum Gasteiger partial charge on any atom is -0.481 e. The molecule has 2 atom stereocenters. The highest BCUT2D eigenvalue weighted by Gasteiger charge is 2.30. The number of anilines is 1. The van der Waals surface area contributed by atoms with E-state index in [4.69, 9.17) is 5.73 Å². The lowest BCUT2D eigenvalue weighted by atomic mass is 9.94. The van der Waals surface area contributed by atoms with Crippen molar-refractivity contribution >= 4 is 33.5 Å². The SMILES string of the molecule is Nc1ccc(C(=O)NC2CCCCCC2C(=O)O)cc1Br. The first kappa shape index (κ1) is 15.8. The van der Waals surface area contributed by atoms with Crippen molar-refractivity contribution < 1.29 is 14.7 Å². The summed E-state index contributed by atoms with van der Waals surface area (Å²) in [6.45, 7) is 0. The van der Waals surface area contributed by atoms with E-state index in [9.17, 15) is 14.7 Å². The third-order valence-corrected chi connectivity index (χ3v) is 4.60. The minimum absolute atomic E-state index is 0.256. The minimum atomic E-state index is -0.833. The molecule has 2 unspecified atom stereocenters. The Morgan fingerprint density at radius 1 is 1.24 bits per heavy atom. The fraction of sp³-hybridized carbons (Fsp3) is 0.467. The number of rotatable bonds is 3. The molecule has 6 heteroatoms. The van der Waals surface area contributed by atoms with Crippen LogP contribution in [-0.2, 0) is 4.79 Å². The lowest BCUT2D eigenvalue weighted by molar-refractivity contribution is -0.142. The lowest BCUT2D eigenvalue weighted by Gasteiger charge is -2.23. The van der Waals surface area contributed by atoms with Crippen LogP contribution in [0.5, 0.6) is 0 Å². The number of amides is 1. The highest BCUT2D eigenvalue weighted by molar-refractivity contribution is 9.10. The smallest absolute Gasteiger partial charge is 0.308 e. The highest BCUT2D eigenvalue weighted by atomic mass is 79.9. The molecule has 0 radical (unpaired) electrons. The van der Waals surface area contributed by atoms with Crippen molar-refractivity contribution in [1.29, 1.82) is 0 Å². The molecule has 5 nitrogen and oxygen atoms in total. The maximum Gasteiger partial charge on any atom is 0.308 e. The number of aliphatic carboxylic acids is 1. The summed E-state index contributed by atoms with van der Waals surface area (Å²) in [5.41, 5.74) is 6.74. The Bertz CT molecular complexity index is 548. The molecule has 0 heterocycles. The molecule has 0 aliphatic heterocycles. The predicted octanol–water partition coefficient (Wildman–Crippen LogP) is 2.79. The van der Waals surface area contributed by atoms with E-state index in [-0.39, 0.29) is 11.9 Å². The third kappa shape index (κ3) is 3.97.